The van der Waals surface area contributed by atoms with Crippen LogP contribution in [0.15, 0.2) is 41.3 Å². The Bertz CT molecular complexity index is 1260. The van der Waals surface area contributed by atoms with Gasteiger partial charge in [0.05, 0.1) is 5.92 Å². The molecule has 1 saturated heterocycles. The molecule has 2 atom stereocenters. The van der Waals surface area contributed by atoms with Gasteiger partial charge in [-0.25, -0.2) is 4.79 Å². The van der Waals surface area contributed by atoms with Crippen LogP contribution in [0.4, 0.5) is 4.79 Å². The SMILES string of the molecule is COCCCc1cc(O)cc(CN(C(=O)C2CN(C(=O)OC(C)(C)C)CCC2c2ccn(C)c(=O)c2)C2CC2)c1. The quantitative estimate of drug-likeness (QED) is 0.467. The summed E-state index contributed by atoms with van der Waals surface area (Å²) in [6.45, 7) is 7.16. The van der Waals surface area contributed by atoms with Gasteiger partial charge in [-0.3, -0.25) is 9.59 Å². The smallest absolute Gasteiger partial charge is 0.410 e. The first-order valence-electron chi connectivity index (χ1n) is 14.2. The van der Waals surface area contributed by atoms with Crippen molar-refractivity contribution in [3.63, 3.8) is 0 Å². The van der Waals surface area contributed by atoms with Crippen LogP contribution in [0.1, 0.15) is 69.1 Å². The summed E-state index contributed by atoms with van der Waals surface area (Å²) in [5.74, 6) is -0.576. The van der Waals surface area contributed by atoms with Gasteiger partial charge in [0.15, 0.2) is 0 Å². The van der Waals surface area contributed by atoms with Crippen molar-refractivity contribution in [3.05, 3.63) is 63.6 Å². The second-order valence-corrected chi connectivity index (χ2v) is 12.1. The fourth-order valence-electron chi connectivity index (χ4n) is 5.47. The van der Waals surface area contributed by atoms with E-state index in [0.717, 1.165) is 42.4 Å². The number of pyridine rings is 1. The van der Waals surface area contributed by atoms with Crippen molar-refractivity contribution in [3.8, 4) is 5.75 Å². The van der Waals surface area contributed by atoms with Crippen molar-refractivity contribution in [1.82, 2.24) is 14.4 Å². The number of ether oxygens (including phenoxy) is 2. The van der Waals surface area contributed by atoms with Crippen molar-refractivity contribution in [2.24, 2.45) is 13.0 Å². The van der Waals surface area contributed by atoms with Gasteiger partial charge < -0.3 is 28.9 Å². The average molecular weight is 554 g/mol. The minimum atomic E-state index is -0.643. The van der Waals surface area contributed by atoms with E-state index in [2.05, 4.69) is 0 Å². The molecule has 4 rings (SSSR count). The normalized spacial score (nSPS) is 19.4. The number of aromatic nitrogens is 1. The van der Waals surface area contributed by atoms with Crippen molar-refractivity contribution in [2.75, 3.05) is 26.8 Å². The number of phenolic OH excluding ortho intramolecular Hbond substituents is 1. The summed E-state index contributed by atoms with van der Waals surface area (Å²) in [4.78, 5) is 43.4. The molecule has 0 bridgehead atoms. The lowest BCUT2D eigenvalue weighted by molar-refractivity contribution is -0.139. The standard InChI is InChI=1S/C31H43N3O6/c1-31(2,3)40-30(38)33-13-11-26(23-10-12-32(4)28(36)18-23)27(20-33)29(37)34(24-8-9-24)19-22-15-21(7-6-14-39-5)16-25(35)17-22/h10,12,15-18,24,26-27,35H,6-9,11,13-14,19-20H2,1-5H3. The topological polar surface area (TPSA) is 101 Å². The Morgan fingerprint density at radius 2 is 1.82 bits per heavy atom. The van der Waals surface area contributed by atoms with Gasteiger partial charge in [0, 0.05) is 58.7 Å². The van der Waals surface area contributed by atoms with Crippen LogP contribution in [0.2, 0.25) is 0 Å². The molecule has 1 aromatic carbocycles. The van der Waals surface area contributed by atoms with Gasteiger partial charge in [-0.15, -0.1) is 0 Å². The molecular formula is C31H43N3O6. The van der Waals surface area contributed by atoms with Gasteiger partial charge >= 0.3 is 6.09 Å². The number of carbonyl (C=O) groups is 2. The van der Waals surface area contributed by atoms with Gasteiger partial charge in [0.1, 0.15) is 11.4 Å². The van der Waals surface area contributed by atoms with Crippen LogP contribution in [0.5, 0.6) is 5.75 Å². The second-order valence-electron chi connectivity index (χ2n) is 12.1. The fourth-order valence-corrected chi connectivity index (χ4v) is 5.47. The lowest BCUT2D eigenvalue weighted by Gasteiger charge is -2.40. The molecule has 1 aliphatic carbocycles. The van der Waals surface area contributed by atoms with E-state index in [0.29, 0.717) is 26.1 Å². The van der Waals surface area contributed by atoms with Crippen LogP contribution in [0.25, 0.3) is 0 Å². The molecule has 1 aromatic heterocycles. The first-order chi connectivity index (χ1) is 18.9. The number of hydrogen-bond donors (Lipinski definition) is 1. The summed E-state index contributed by atoms with van der Waals surface area (Å²) >= 11 is 0. The zero-order chi connectivity index (χ0) is 29.0. The minimum absolute atomic E-state index is 0.0364. The zero-order valence-electron chi connectivity index (χ0n) is 24.4. The number of rotatable bonds is 9. The molecule has 1 saturated carbocycles. The van der Waals surface area contributed by atoms with Crippen LogP contribution < -0.4 is 5.56 Å². The second kappa shape index (κ2) is 12.5. The molecule has 2 aliphatic rings. The maximum Gasteiger partial charge on any atom is 0.410 e. The summed E-state index contributed by atoms with van der Waals surface area (Å²) in [5.41, 5.74) is 1.92. The van der Waals surface area contributed by atoms with E-state index in [1.165, 1.54) is 4.57 Å². The molecule has 40 heavy (non-hydrogen) atoms. The Labute approximate surface area is 236 Å². The van der Waals surface area contributed by atoms with Gasteiger partial charge in [-0.05, 0) is 93.7 Å². The predicted octanol–water partition coefficient (Wildman–Crippen LogP) is 4.20. The highest BCUT2D eigenvalue weighted by Gasteiger charge is 2.43. The van der Waals surface area contributed by atoms with Gasteiger partial charge in [-0.1, -0.05) is 6.07 Å². The first kappa shape index (κ1) is 29.6. The summed E-state index contributed by atoms with van der Waals surface area (Å²) in [7, 11) is 3.37. The number of aromatic hydroxyl groups is 1. The summed E-state index contributed by atoms with van der Waals surface area (Å²) in [5, 5.41) is 10.4. The van der Waals surface area contributed by atoms with Gasteiger partial charge in [0.2, 0.25) is 5.91 Å². The maximum absolute atomic E-state index is 14.3. The number of nitrogens with zero attached hydrogens (tertiary/aromatic N) is 3. The molecule has 1 aliphatic heterocycles. The van der Waals surface area contributed by atoms with Crippen LogP contribution in [0, 0.1) is 5.92 Å². The molecule has 2 heterocycles. The summed E-state index contributed by atoms with van der Waals surface area (Å²) in [6.07, 6.45) is 5.30. The molecule has 9 heteroatoms. The van der Waals surface area contributed by atoms with Crippen LogP contribution >= 0.6 is 0 Å². The van der Waals surface area contributed by atoms with Crippen molar-refractivity contribution in [1.29, 1.82) is 0 Å². The largest absolute Gasteiger partial charge is 0.508 e. The number of aryl methyl sites for hydroxylation is 2. The maximum atomic E-state index is 14.3. The predicted molar refractivity (Wildman–Crippen MR) is 152 cm³/mol. The number of phenols is 1. The molecule has 2 amide bonds. The van der Waals surface area contributed by atoms with Crippen molar-refractivity contribution < 1.29 is 24.2 Å². The Hall–Kier alpha value is -3.33. The van der Waals surface area contributed by atoms with Crippen molar-refractivity contribution >= 4 is 12.0 Å². The highest BCUT2D eigenvalue weighted by atomic mass is 16.6. The Morgan fingerprint density at radius 1 is 1.10 bits per heavy atom. The highest BCUT2D eigenvalue weighted by molar-refractivity contribution is 5.82. The molecule has 0 radical (unpaired) electrons. The third kappa shape index (κ3) is 7.65. The number of hydrogen-bond acceptors (Lipinski definition) is 6. The Kier molecular flexibility index (Phi) is 9.23. The molecule has 1 N–H and O–H groups in total. The third-order valence-corrected chi connectivity index (χ3v) is 7.61. The minimum Gasteiger partial charge on any atom is -0.508 e. The highest BCUT2D eigenvalue weighted by Crippen LogP contribution is 2.38. The number of carbonyl (C=O) groups excluding carboxylic acids is 2. The third-order valence-electron chi connectivity index (χ3n) is 7.61. The fraction of sp³-hybridized carbons (Fsp3) is 0.581. The van der Waals surface area contributed by atoms with E-state index in [-0.39, 0.29) is 35.7 Å². The lowest BCUT2D eigenvalue weighted by Crippen LogP contribution is -2.51. The Balaban J connectivity index is 1.61. The monoisotopic (exact) mass is 553 g/mol. The van der Waals surface area contributed by atoms with Gasteiger partial charge in [0.25, 0.3) is 5.56 Å². The molecular weight excluding hydrogens is 510 g/mol. The number of likely N-dealkylation sites (tertiary alicyclic amines) is 1. The van der Waals surface area contributed by atoms with E-state index >= 15 is 0 Å². The number of methoxy groups -OCH3 is 1. The van der Waals surface area contributed by atoms with E-state index in [9.17, 15) is 19.5 Å². The number of piperidine rings is 1. The van der Waals surface area contributed by atoms with E-state index < -0.39 is 17.6 Å². The van der Waals surface area contributed by atoms with Crippen molar-refractivity contribution in [2.45, 2.75) is 77.0 Å². The molecule has 9 nitrogen and oxygen atoms in total. The van der Waals surface area contributed by atoms with Crippen LogP contribution in [0.3, 0.4) is 0 Å². The molecule has 0 spiro atoms. The molecule has 2 unspecified atom stereocenters. The van der Waals surface area contributed by atoms with E-state index in [1.807, 2.05) is 37.8 Å². The molecule has 218 valence electrons. The number of benzene rings is 1. The lowest BCUT2D eigenvalue weighted by atomic mass is 9.79. The van der Waals surface area contributed by atoms with Gasteiger partial charge in [-0.2, -0.15) is 0 Å². The van der Waals surface area contributed by atoms with Crippen LogP contribution in [-0.2, 0) is 34.3 Å². The van der Waals surface area contributed by atoms with Crippen LogP contribution in [-0.4, -0.2) is 69.9 Å². The molecule has 2 fully saturated rings. The average Bonchev–Trinajstić information content (AvgIpc) is 3.72. The number of amides is 2. The first-order valence-corrected chi connectivity index (χ1v) is 14.2. The zero-order valence-corrected chi connectivity index (χ0v) is 24.4. The summed E-state index contributed by atoms with van der Waals surface area (Å²) < 4.78 is 12.3. The van der Waals surface area contributed by atoms with E-state index in [1.54, 1.807) is 43.5 Å². The molecule has 2 aromatic rings. The summed E-state index contributed by atoms with van der Waals surface area (Å²) in [6, 6.07) is 9.15. The van der Waals surface area contributed by atoms with E-state index in [4.69, 9.17) is 9.47 Å². The Morgan fingerprint density at radius 3 is 2.48 bits per heavy atom.